The van der Waals surface area contributed by atoms with Gasteiger partial charge in [0.1, 0.15) is 0 Å². The maximum Gasteiger partial charge on any atom is 0.305 e. The molecule has 0 aromatic carbocycles. The molecule has 70 valence electrons. The van der Waals surface area contributed by atoms with Crippen LogP contribution < -0.4 is 5.32 Å². The maximum absolute atomic E-state index is 10.9. The molecule has 4 nitrogen and oxygen atoms in total. The van der Waals surface area contributed by atoms with Gasteiger partial charge in [-0.1, -0.05) is 13.8 Å². The van der Waals surface area contributed by atoms with Gasteiger partial charge in [0.05, 0.1) is 6.42 Å². The molecule has 2 N–H and O–H groups in total. The van der Waals surface area contributed by atoms with E-state index in [9.17, 15) is 9.59 Å². The summed E-state index contributed by atoms with van der Waals surface area (Å²) in [4.78, 5) is 21.1. The number of aliphatic carboxylic acids is 1. The van der Waals surface area contributed by atoms with E-state index in [0.717, 1.165) is 0 Å². The lowest BCUT2D eigenvalue weighted by atomic mass is 10.1. The minimum absolute atomic E-state index is 0.00222. The van der Waals surface area contributed by atoms with E-state index in [4.69, 9.17) is 5.11 Å². The lowest BCUT2D eigenvalue weighted by molar-refractivity contribution is -0.137. The van der Waals surface area contributed by atoms with Gasteiger partial charge >= 0.3 is 5.97 Å². The number of amides is 1. The average Bonchev–Trinajstić information content (AvgIpc) is 2.02. The monoisotopic (exact) mass is 173 g/mol. The smallest absolute Gasteiger partial charge is 0.305 e. The molecule has 0 fully saturated rings. The van der Waals surface area contributed by atoms with Gasteiger partial charge in [-0.3, -0.25) is 9.59 Å². The molecule has 0 saturated carbocycles. The van der Waals surface area contributed by atoms with Gasteiger partial charge in [-0.15, -0.1) is 0 Å². The molecule has 12 heavy (non-hydrogen) atoms. The third kappa shape index (κ3) is 4.71. The topological polar surface area (TPSA) is 66.4 Å². The first kappa shape index (κ1) is 10.9. The highest BCUT2D eigenvalue weighted by Crippen LogP contribution is 1.97. The second-order valence-electron chi connectivity index (χ2n) is 2.62. The summed E-state index contributed by atoms with van der Waals surface area (Å²) < 4.78 is 0. The van der Waals surface area contributed by atoms with E-state index in [1.807, 2.05) is 6.92 Å². The first-order valence-corrected chi connectivity index (χ1v) is 4.11. The van der Waals surface area contributed by atoms with Crippen molar-refractivity contribution in [2.45, 2.75) is 39.2 Å². The van der Waals surface area contributed by atoms with Crippen LogP contribution in [-0.4, -0.2) is 23.0 Å². The summed E-state index contributed by atoms with van der Waals surface area (Å²) in [5.74, 6) is -0.971. The van der Waals surface area contributed by atoms with Crippen LogP contribution in [0.1, 0.15) is 33.1 Å². The third-order valence-electron chi connectivity index (χ3n) is 1.60. The fourth-order valence-corrected chi connectivity index (χ4v) is 0.838. The zero-order valence-electron chi connectivity index (χ0n) is 7.46. The molecule has 0 bridgehead atoms. The minimum Gasteiger partial charge on any atom is -0.481 e. The van der Waals surface area contributed by atoms with Crippen LogP contribution in [0, 0.1) is 0 Å². The zero-order valence-corrected chi connectivity index (χ0v) is 7.46. The lowest BCUT2D eigenvalue weighted by Gasteiger charge is -2.13. The third-order valence-corrected chi connectivity index (χ3v) is 1.60. The second-order valence-corrected chi connectivity index (χ2v) is 2.62. The number of hydrogen-bond acceptors (Lipinski definition) is 2. The Labute approximate surface area is 72.0 Å². The van der Waals surface area contributed by atoms with Crippen LogP contribution in [0.2, 0.25) is 0 Å². The zero-order chi connectivity index (χ0) is 9.56. The summed E-state index contributed by atoms with van der Waals surface area (Å²) in [5.41, 5.74) is 0. The summed E-state index contributed by atoms with van der Waals surface area (Å²) in [6.07, 6.45) is 1.05. The Bertz CT molecular complexity index is 168. The van der Waals surface area contributed by atoms with E-state index >= 15 is 0 Å². The van der Waals surface area contributed by atoms with Crippen LogP contribution in [0.3, 0.4) is 0 Å². The molecule has 0 aliphatic carbocycles. The maximum atomic E-state index is 10.9. The fraction of sp³-hybridized carbons (Fsp3) is 0.750. The molecular formula is C8H15NO3. The molecule has 1 atom stereocenters. The molecule has 0 heterocycles. The molecule has 1 unspecified atom stereocenters. The number of carboxylic acid groups (broad SMARTS) is 1. The van der Waals surface area contributed by atoms with E-state index in [-0.39, 0.29) is 18.4 Å². The molecule has 0 aromatic rings. The van der Waals surface area contributed by atoms with Gasteiger partial charge in [0.2, 0.25) is 5.91 Å². The minimum atomic E-state index is -0.877. The highest BCUT2D eigenvalue weighted by atomic mass is 16.4. The largest absolute Gasteiger partial charge is 0.481 e. The molecule has 0 rings (SSSR count). The van der Waals surface area contributed by atoms with Gasteiger partial charge in [0, 0.05) is 12.5 Å². The summed E-state index contributed by atoms with van der Waals surface area (Å²) in [6, 6.07) is -0.227. The van der Waals surface area contributed by atoms with Crippen molar-refractivity contribution in [3.05, 3.63) is 0 Å². The van der Waals surface area contributed by atoms with E-state index in [0.29, 0.717) is 12.8 Å². The standard InChI is InChI=1S/C8H15NO3/c1-3-6(5-8(11)12)9-7(10)4-2/h6H,3-5H2,1-2H3,(H,9,10)(H,11,12). The highest BCUT2D eigenvalue weighted by Gasteiger charge is 2.12. The SMILES string of the molecule is CCC(=O)NC(CC)CC(=O)O. The number of carbonyl (C=O) groups is 2. The molecule has 0 spiro atoms. The fourth-order valence-electron chi connectivity index (χ4n) is 0.838. The van der Waals surface area contributed by atoms with Crippen molar-refractivity contribution in [1.29, 1.82) is 0 Å². The lowest BCUT2D eigenvalue weighted by Crippen LogP contribution is -2.35. The number of rotatable bonds is 5. The summed E-state index contributed by atoms with van der Waals surface area (Å²) in [7, 11) is 0. The molecule has 1 amide bonds. The van der Waals surface area contributed by atoms with E-state index in [1.165, 1.54) is 0 Å². The Hall–Kier alpha value is -1.06. The number of carbonyl (C=O) groups excluding carboxylic acids is 1. The van der Waals surface area contributed by atoms with Crippen molar-refractivity contribution in [2.75, 3.05) is 0 Å². The quantitative estimate of drug-likeness (QED) is 0.645. The molecule has 0 aliphatic heterocycles. The van der Waals surface area contributed by atoms with Gasteiger partial charge in [-0.05, 0) is 6.42 Å². The van der Waals surface area contributed by atoms with Crippen molar-refractivity contribution in [1.82, 2.24) is 5.32 Å². The van der Waals surface area contributed by atoms with Gasteiger partial charge in [-0.2, -0.15) is 0 Å². The number of nitrogens with one attached hydrogen (secondary N) is 1. The number of hydrogen-bond donors (Lipinski definition) is 2. The van der Waals surface area contributed by atoms with Crippen molar-refractivity contribution in [3.63, 3.8) is 0 Å². The summed E-state index contributed by atoms with van der Waals surface area (Å²) in [5, 5.41) is 11.1. The molecular weight excluding hydrogens is 158 g/mol. The van der Waals surface area contributed by atoms with E-state index in [1.54, 1.807) is 6.92 Å². The van der Waals surface area contributed by atoms with Crippen LogP contribution in [0.25, 0.3) is 0 Å². The number of carboxylic acids is 1. The molecule has 0 radical (unpaired) electrons. The van der Waals surface area contributed by atoms with Crippen LogP contribution in [0.4, 0.5) is 0 Å². The molecule has 4 heteroatoms. The van der Waals surface area contributed by atoms with Gasteiger partial charge in [-0.25, -0.2) is 0 Å². The van der Waals surface area contributed by atoms with Crippen LogP contribution >= 0.6 is 0 Å². The molecule has 0 saturated heterocycles. The normalized spacial score (nSPS) is 12.2. The first-order chi connectivity index (χ1) is 5.60. The first-order valence-electron chi connectivity index (χ1n) is 4.11. The van der Waals surface area contributed by atoms with E-state index in [2.05, 4.69) is 5.32 Å². The predicted octanol–water partition coefficient (Wildman–Crippen LogP) is 0.766. The van der Waals surface area contributed by atoms with Crippen LogP contribution in [-0.2, 0) is 9.59 Å². The van der Waals surface area contributed by atoms with Crippen molar-refractivity contribution >= 4 is 11.9 Å². The Morgan fingerprint density at radius 2 is 2.00 bits per heavy atom. The van der Waals surface area contributed by atoms with E-state index < -0.39 is 5.97 Å². The highest BCUT2D eigenvalue weighted by molar-refractivity contribution is 5.77. The van der Waals surface area contributed by atoms with Gasteiger partial charge in [0.25, 0.3) is 0 Å². The summed E-state index contributed by atoms with van der Waals surface area (Å²) >= 11 is 0. The Morgan fingerprint density at radius 3 is 2.33 bits per heavy atom. The van der Waals surface area contributed by atoms with Gasteiger partial charge in [0.15, 0.2) is 0 Å². The molecule has 0 aromatic heterocycles. The Balaban J connectivity index is 3.82. The summed E-state index contributed by atoms with van der Waals surface area (Å²) in [6.45, 7) is 3.59. The average molecular weight is 173 g/mol. The van der Waals surface area contributed by atoms with Crippen molar-refractivity contribution < 1.29 is 14.7 Å². The van der Waals surface area contributed by atoms with Crippen LogP contribution in [0.15, 0.2) is 0 Å². The second kappa shape index (κ2) is 5.57. The Morgan fingerprint density at radius 1 is 1.42 bits per heavy atom. The predicted molar refractivity (Wildman–Crippen MR) is 44.8 cm³/mol. The molecule has 0 aliphatic rings. The Kier molecular flexibility index (Phi) is 5.08. The van der Waals surface area contributed by atoms with Crippen molar-refractivity contribution in [3.8, 4) is 0 Å². The van der Waals surface area contributed by atoms with Crippen molar-refractivity contribution in [2.24, 2.45) is 0 Å². The van der Waals surface area contributed by atoms with Gasteiger partial charge < -0.3 is 10.4 Å². The van der Waals surface area contributed by atoms with Crippen LogP contribution in [0.5, 0.6) is 0 Å².